The molecule has 0 amide bonds. The second-order valence-corrected chi connectivity index (χ2v) is 8.94. The van der Waals surface area contributed by atoms with Crippen molar-refractivity contribution < 1.29 is 4.74 Å². The fourth-order valence-corrected chi connectivity index (χ4v) is 5.94. The Kier molecular flexibility index (Phi) is 4.19. The molecule has 1 aromatic carbocycles. The number of hydrogen-bond acceptors (Lipinski definition) is 3. The van der Waals surface area contributed by atoms with E-state index in [1.165, 1.54) is 36.8 Å². The third kappa shape index (κ3) is 2.97. The summed E-state index contributed by atoms with van der Waals surface area (Å²) in [5.41, 5.74) is 6.21. The lowest BCUT2D eigenvalue weighted by Crippen LogP contribution is -2.45. The van der Waals surface area contributed by atoms with Gasteiger partial charge in [-0.05, 0) is 72.2 Å². The number of piperidine rings is 1. The summed E-state index contributed by atoms with van der Waals surface area (Å²) in [7, 11) is 0. The lowest BCUT2D eigenvalue weighted by Gasteiger charge is -2.44. The lowest BCUT2D eigenvalue weighted by atomic mass is 9.82. The predicted octanol–water partition coefficient (Wildman–Crippen LogP) is 4.69. The standard InChI is InChI=1S/C22H27NOS/c1-2-4-19-15-17(5-6-18(19)3-1)16-23-11-9-22(10-12-23)20-8-14-25-21(20)7-13-24-22/h5-6,8,14-15H,1-4,7,9-13,16H2. The summed E-state index contributed by atoms with van der Waals surface area (Å²) in [5.74, 6) is 0. The monoisotopic (exact) mass is 353 g/mol. The summed E-state index contributed by atoms with van der Waals surface area (Å²) in [6.45, 7) is 4.29. The van der Waals surface area contributed by atoms with Crippen LogP contribution in [0.5, 0.6) is 0 Å². The zero-order valence-corrected chi connectivity index (χ0v) is 15.7. The lowest BCUT2D eigenvalue weighted by molar-refractivity contribution is -0.0980. The van der Waals surface area contributed by atoms with Gasteiger partial charge in [-0.25, -0.2) is 0 Å². The smallest absolute Gasteiger partial charge is 0.0966 e. The van der Waals surface area contributed by atoms with E-state index in [1.807, 2.05) is 11.3 Å². The van der Waals surface area contributed by atoms with Crippen LogP contribution in [0.25, 0.3) is 0 Å². The molecule has 3 aliphatic rings. The van der Waals surface area contributed by atoms with Crippen molar-refractivity contribution in [2.75, 3.05) is 19.7 Å². The first-order valence-corrected chi connectivity index (χ1v) is 10.7. The van der Waals surface area contributed by atoms with Gasteiger partial charge in [-0.3, -0.25) is 4.90 Å². The maximum Gasteiger partial charge on any atom is 0.0966 e. The summed E-state index contributed by atoms with van der Waals surface area (Å²) in [6.07, 6.45) is 8.67. The van der Waals surface area contributed by atoms with Gasteiger partial charge in [-0.15, -0.1) is 11.3 Å². The van der Waals surface area contributed by atoms with Crippen LogP contribution in [0.15, 0.2) is 29.6 Å². The predicted molar refractivity (Wildman–Crippen MR) is 103 cm³/mol. The largest absolute Gasteiger partial charge is 0.370 e. The molecule has 1 aliphatic carbocycles. The SMILES string of the molecule is c1cc2c(s1)CCOC21CCN(Cc2ccc3c(c2)CCCC3)CC1. The van der Waals surface area contributed by atoms with Crippen LogP contribution in [0.2, 0.25) is 0 Å². The Labute approximate surface area is 154 Å². The highest BCUT2D eigenvalue weighted by atomic mass is 32.1. The van der Waals surface area contributed by atoms with Gasteiger partial charge < -0.3 is 4.74 Å². The number of aryl methyl sites for hydroxylation is 2. The van der Waals surface area contributed by atoms with Gasteiger partial charge in [0.15, 0.2) is 0 Å². The van der Waals surface area contributed by atoms with Crippen molar-refractivity contribution in [2.24, 2.45) is 0 Å². The van der Waals surface area contributed by atoms with Gasteiger partial charge in [-0.1, -0.05) is 18.2 Å². The van der Waals surface area contributed by atoms with Crippen molar-refractivity contribution in [3.8, 4) is 0 Å². The van der Waals surface area contributed by atoms with Crippen molar-refractivity contribution >= 4 is 11.3 Å². The molecule has 1 saturated heterocycles. The van der Waals surface area contributed by atoms with E-state index in [0.717, 1.165) is 45.5 Å². The minimum Gasteiger partial charge on any atom is -0.370 e. The maximum atomic E-state index is 6.34. The van der Waals surface area contributed by atoms with Gasteiger partial charge >= 0.3 is 0 Å². The molecule has 0 unspecified atom stereocenters. The topological polar surface area (TPSA) is 12.5 Å². The Bertz CT molecular complexity index is 757. The first-order chi connectivity index (χ1) is 12.3. The van der Waals surface area contributed by atoms with E-state index in [2.05, 4.69) is 34.5 Å². The summed E-state index contributed by atoms with van der Waals surface area (Å²) in [6, 6.07) is 9.55. The minimum absolute atomic E-state index is 0.0138. The third-order valence-electron chi connectivity index (χ3n) is 6.43. The fraction of sp³-hybridized carbons (Fsp3) is 0.545. The number of fused-ring (bicyclic) bond motifs is 3. The minimum atomic E-state index is 0.0138. The molecule has 0 radical (unpaired) electrons. The Morgan fingerprint density at radius 1 is 1.00 bits per heavy atom. The summed E-state index contributed by atoms with van der Waals surface area (Å²) >= 11 is 1.92. The second kappa shape index (κ2) is 6.53. The molecule has 1 spiro atoms. The first-order valence-electron chi connectivity index (χ1n) is 9.86. The van der Waals surface area contributed by atoms with Crippen LogP contribution >= 0.6 is 11.3 Å². The van der Waals surface area contributed by atoms with Gasteiger partial charge in [0.25, 0.3) is 0 Å². The van der Waals surface area contributed by atoms with Crippen LogP contribution in [-0.4, -0.2) is 24.6 Å². The van der Waals surface area contributed by atoms with E-state index in [4.69, 9.17) is 4.74 Å². The van der Waals surface area contributed by atoms with Crippen molar-refractivity contribution in [1.82, 2.24) is 4.90 Å². The zero-order valence-electron chi connectivity index (χ0n) is 14.9. The highest BCUT2D eigenvalue weighted by Crippen LogP contribution is 2.43. The molecule has 2 nitrogen and oxygen atoms in total. The molecule has 1 aromatic heterocycles. The molecule has 25 heavy (non-hydrogen) atoms. The zero-order chi connectivity index (χ0) is 16.7. The number of hydrogen-bond donors (Lipinski definition) is 0. The average molecular weight is 354 g/mol. The van der Waals surface area contributed by atoms with Gasteiger partial charge in [-0.2, -0.15) is 0 Å². The van der Waals surface area contributed by atoms with E-state index in [0.29, 0.717) is 0 Å². The van der Waals surface area contributed by atoms with Crippen LogP contribution in [-0.2, 0) is 36.1 Å². The van der Waals surface area contributed by atoms with Crippen LogP contribution in [0.3, 0.4) is 0 Å². The van der Waals surface area contributed by atoms with E-state index in [1.54, 1.807) is 16.0 Å². The Balaban J connectivity index is 1.27. The van der Waals surface area contributed by atoms with Crippen LogP contribution in [0, 0.1) is 0 Å². The molecule has 3 heterocycles. The molecule has 2 aromatic rings. The molecule has 3 heteroatoms. The van der Waals surface area contributed by atoms with Gasteiger partial charge in [0.2, 0.25) is 0 Å². The van der Waals surface area contributed by atoms with Crippen LogP contribution in [0.4, 0.5) is 0 Å². The van der Waals surface area contributed by atoms with Crippen molar-refractivity contribution in [3.05, 3.63) is 56.8 Å². The molecular formula is C22H27NOS. The number of rotatable bonds is 2. The van der Waals surface area contributed by atoms with Crippen molar-refractivity contribution in [1.29, 1.82) is 0 Å². The van der Waals surface area contributed by atoms with E-state index in [9.17, 15) is 0 Å². The fourth-order valence-electron chi connectivity index (χ4n) is 4.99. The number of likely N-dealkylation sites (tertiary alicyclic amines) is 1. The third-order valence-corrected chi connectivity index (χ3v) is 7.41. The first kappa shape index (κ1) is 16.0. The normalized spacial score (nSPS) is 22.6. The second-order valence-electron chi connectivity index (χ2n) is 7.94. The van der Waals surface area contributed by atoms with E-state index < -0.39 is 0 Å². The number of benzene rings is 1. The van der Waals surface area contributed by atoms with Crippen molar-refractivity contribution in [2.45, 2.75) is 57.1 Å². The molecule has 5 rings (SSSR count). The molecule has 0 bridgehead atoms. The Morgan fingerprint density at radius 2 is 1.84 bits per heavy atom. The van der Waals surface area contributed by atoms with E-state index >= 15 is 0 Å². The van der Waals surface area contributed by atoms with E-state index in [-0.39, 0.29) is 5.60 Å². The highest BCUT2D eigenvalue weighted by molar-refractivity contribution is 7.10. The molecule has 132 valence electrons. The Hall–Kier alpha value is -1.16. The molecule has 0 N–H and O–H groups in total. The molecule has 1 fully saturated rings. The number of ether oxygens (including phenoxy) is 1. The molecular weight excluding hydrogens is 326 g/mol. The average Bonchev–Trinajstić information content (AvgIpc) is 3.14. The van der Waals surface area contributed by atoms with Crippen LogP contribution in [0.1, 0.15) is 52.8 Å². The summed E-state index contributed by atoms with van der Waals surface area (Å²) in [5, 5.41) is 2.25. The highest BCUT2D eigenvalue weighted by Gasteiger charge is 2.41. The molecule has 0 saturated carbocycles. The molecule has 2 aliphatic heterocycles. The number of thiophene rings is 1. The Morgan fingerprint density at radius 3 is 2.72 bits per heavy atom. The molecule has 0 atom stereocenters. The number of nitrogens with zero attached hydrogens (tertiary/aromatic N) is 1. The van der Waals surface area contributed by atoms with Crippen molar-refractivity contribution in [3.63, 3.8) is 0 Å². The summed E-state index contributed by atoms with van der Waals surface area (Å²) in [4.78, 5) is 4.19. The van der Waals surface area contributed by atoms with Gasteiger partial charge in [0.1, 0.15) is 0 Å². The maximum absolute atomic E-state index is 6.34. The quantitative estimate of drug-likeness (QED) is 0.776. The van der Waals surface area contributed by atoms with Gasteiger partial charge in [0, 0.05) is 30.9 Å². The summed E-state index contributed by atoms with van der Waals surface area (Å²) < 4.78 is 6.34. The van der Waals surface area contributed by atoms with Gasteiger partial charge in [0.05, 0.1) is 12.2 Å². The van der Waals surface area contributed by atoms with Crippen LogP contribution < -0.4 is 0 Å².